The van der Waals surface area contributed by atoms with Gasteiger partial charge in [0.05, 0.1) is 4.90 Å². The summed E-state index contributed by atoms with van der Waals surface area (Å²) in [6.45, 7) is 4.33. The number of aromatic nitrogens is 1. The average Bonchev–Trinajstić information content (AvgIpc) is 3.04. The van der Waals surface area contributed by atoms with Crippen LogP contribution in [0.1, 0.15) is 20.3 Å². The Labute approximate surface area is 157 Å². The quantitative estimate of drug-likeness (QED) is 0.649. The van der Waals surface area contributed by atoms with Crippen LogP contribution in [0.5, 0.6) is 0 Å². The van der Waals surface area contributed by atoms with E-state index in [2.05, 4.69) is 16.8 Å². The summed E-state index contributed by atoms with van der Waals surface area (Å²) in [6.07, 6.45) is 3.00. The number of amides is 1. The van der Waals surface area contributed by atoms with Crippen molar-refractivity contribution in [3.63, 3.8) is 0 Å². The Morgan fingerprint density at radius 2 is 1.85 bits per heavy atom. The van der Waals surface area contributed by atoms with E-state index in [1.165, 1.54) is 6.92 Å². The number of fused-ring (bicyclic) bond motifs is 1. The summed E-state index contributed by atoms with van der Waals surface area (Å²) < 4.78 is 40.3. The third-order valence-corrected chi connectivity index (χ3v) is 6.55. The van der Waals surface area contributed by atoms with E-state index >= 15 is 0 Å². The number of nitrogens with one attached hydrogen (secondary N) is 1. The van der Waals surface area contributed by atoms with Crippen LogP contribution in [0.25, 0.3) is 10.9 Å². The summed E-state index contributed by atoms with van der Waals surface area (Å²) in [5, 5.41) is 2.33. The van der Waals surface area contributed by atoms with E-state index in [0.29, 0.717) is 5.69 Å². The van der Waals surface area contributed by atoms with E-state index in [-0.39, 0.29) is 4.90 Å². The molecule has 5 nitrogen and oxygen atoms in total. The largest absolute Gasteiger partial charge is 0.347 e. The molecule has 0 saturated heterocycles. The highest BCUT2D eigenvalue weighted by Gasteiger charge is 2.29. The van der Waals surface area contributed by atoms with Crippen molar-refractivity contribution in [2.45, 2.75) is 37.0 Å². The molecule has 2 aromatic carbocycles. The highest BCUT2D eigenvalue weighted by molar-refractivity contribution is 7.92. The van der Waals surface area contributed by atoms with Gasteiger partial charge in [-0.25, -0.2) is 12.8 Å². The van der Waals surface area contributed by atoms with Crippen LogP contribution in [0, 0.1) is 5.82 Å². The first kappa shape index (κ1) is 19.1. The lowest BCUT2D eigenvalue weighted by molar-refractivity contribution is -0.115. The maximum atomic E-state index is 13.0. The maximum Gasteiger partial charge on any atom is 0.242 e. The molecule has 0 bridgehead atoms. The molecular weight excluding hydrogens is 367 g/mol. The molecule has 1 aromatic heterocycles. The van der Waals surface area contributed by atoms with E-state index < -0.39 is 26.8 Å². The molecule has 7 heteroatoms. The van der Waals surface area contributed by atoms with Gasteiger partial charge in [0.15, 0.2) is 9.84 Å². The molecule has 0 aliphatic rings. The first-order valence-electron chi connectivity index (χ1n) is 8.72. The molecule has 1 unspecified atom stereocenters. The Kier molecular flexibility index (Phi) is 5.32. The van der Waals surface area contributed by atoms with Crippen molar-refractivity contribution >= 4 is 32.3 Å². The normalized spacial score (nSPS) is 12.9. The second kappa shape index (κ2) is 7.52. The van der Waals surface area contributed by atoms with Crippen LogP contribution >= 0.6 is 0 Å². The van der Waals surface area contributed by atoms with Gasteiger partial charge in [0.25, 0.3) is 0 Å². The molecule has 0 spiro atoms. The number of hydrogen-bond acceptors (Lipinski definition) is 3. The number of carbonyl (C=O) groups excluding carboxylic acids is 1. The number of sulfone groups is 1. The molecule has 0 aliphatic heterocycles. The SMILES string of the molecule is CCCn1ccc2cc(NC(=O)C(C)S(=O)(=O)c3ccc(F)cc3)ccc21. The van der Waals surface area contributed by atoms with Crippen LogP contribution in [0.2, 0.25) is 0 Å². The lowest BCUT2D eigenvalue weighted by Crippen LogP contribution is -2.32. The fourth-order valence-electron chi connectivity index (χ4n) is 2.93. The second-order valence-corrected chi connectivity index (χ2v) is 8.68. The molecule has 0 aliphatic carbocycles. The van der Waals surface area contributed by atoms with Gasteiger partial charge in [-0.05, 0) is 61.9 Å². The fourth-order valence-corrected chi connectivity index (χ4v) is 4.19. The van der Waals surface area contributed by atoms with Gasteiger partial charge in [-0.3, -0.25) is 4.79 Å². The molecule has 142 valence electrons. The van der Waals surface area contributed by atoms with Gasteiger partial charge in [-0.1, -0.05) is 6.92 Å². The highest BCUT2D eigenvalue weighted by atomic mass is 32.2. The molecule has 1 heterocycles. The van der Waals surface area contributed by atoms with Crippen molar-refractivity contribution < 1.29 is 17.6 Å². The number of hydrogen-bond donors (Lipinski definition) is 1. The second-order valence-electron chi connectivity index (χ2n) is 6.41. The van der Waals surface area contributed by atoms with Crippen LogP contribution in [-0.2, 0) is 21.2 Å². The minimum atomic E-state index is -3.90. The van der Waals surface area contributed by atoms with Gasteiger partial charge in [-0.2, -0.15) is 0 Å². The molecule has 3 aromatic rings. The van der Waals surface area contributed by atoms with Gasteiger partial charge in [0, 0.05) is 29.3 Å². The third kappa shape index (κ3) is 3.88. The number of carbonyl (C=O) groups is 1. The smallest absolute Gasteiger partial charge is 0.242 e. The minimum Gasteiger partial charge on any atom is -0.347 e. The molecule has 0 saturated carbocycles. The third-order valence-electron chi connectivity index (χ3n) is 4.48. The lowest BCUT2D eigenvalue weighted by Gasteiger charge is -2.14. The summed E-state index contributed by atoms with van der Waals surface area (Å²) in [7, 11) is -3.90. The van der Waals surface area contributed by atoms with Crippen molar-refractivity contribution in [1.82, 2.24) is 4.57 Å². The summed E-state index contributed by atoms with van der Waals surface area (Å²) in [4.78, 5) is 12.4. The van der Waals surface area contributed by atoms with Gasteiger partial charge < -0.3 is 9.88 Å². The van der Waals surface area contributed by atoms with Crippen LogP contribution in [-0.4, -0.2) is 24.1 Å². The molecule has 3 rings (SSSR count). The summed E-state index contributed by atoms with van der Waals surface area (Å²) in [5.74, 6) is -1.17. The molecule has 1 atom stereocenters. The van der Waals surface area contributed by atoms with Crippen LogP contribution in [0.4, 0.5) is 10.1 Å². The number of anilines is 1. The first-order valence-corrected chi connectivity index (χ1v) is 10.3. The Balaban J connectivity index is 1.79. The predicted octanol–water partition coefficient (Wildman–Crippen LogP) is 3.99. The number of benzene rings is 2. The number of nitrogens with zero attached hydrogens (tertiary/aromatic N) is 1. The molecule has 0 radical (unpaired) electrons. The Bertz CT molecular complexity index is 1070. The molecule has 1 amide bonds. The zero-order valence-electron chi connectivity index (χ0n) is 15.1. The predicted molar refractivity (Wildman–Crippen MR) is 104 cm³/mol. The van der Waals surface area contributed by atoms with Crippen LogP contribution in [0.3, 0.4) is 0 Å². The Hall–Kier alpha value is -2.67. The topological polar surface area (TPSA) is 68.2 Å². The first-order chi connectivity index (χ1) is 12.8. The van der Waals surface area contributed by atoms with E-state index in [1.54, 1.807) is 6.07 Å². The van der Waals surface area contributed by atoms with E-state index in [1.807, 2.05) is 24.4 Å². The molecular formula is C20H21FN2O3S. The number of halogens is 1. The minimum absolute atomic E-state index is 0.0846. The van der Waals surface area contributed by atoms with Crippen molar-refractivity contribution in [3.05, 3.63) is 60.5 Å². The van der Waals surface area contributed by atoms with E-state index in [0.717, 1.165) is 48.1 Å². The summed E-state index contributed by atoms with van der Waals surface area (Å²) >= 11 is 0. The average molecular weight is 388 g/mol. The van der Waals surface area contributed by atoms with Gasteiger partial charge in [-0.15, -0.1) is 0 Å². The van der Waals surface area contributed by atoms with Crippen molar-refractivity contribution in [3.8, 4) is 0 Å². The summed E-state index contributed by atoms with van der Waals surface area (Å²) in [6, 6.07) is 11.9. The monoisotopic (exact) mass is 388 g/mol. The van der Waals surface area contributed by atoms with Crippen LogP contribution < -0.4 is 5.32 Å². The van der Waals surface area contributed by atoms with E-state index in [9.17, 15) is 17.6 Å². The zero-order chi connectivity index (χ0) is 19.6. The van der Waals surface area contributed by atoms with Gasteiger partial charge >= 0.3 is 0 Å². The van der Waals surface area contributed by atoms with Crippen LogP contribution in [0.15, 0.2) is 59.6 Å². The molecule has 1 N–H and O–H groups in total. The van der Waals surface area contributed by atoms with Crippen molar-refractivity contribution in [2.24, 2.45) is 0 Å². The number of rotatable bonds is 6. The lowest BCUT2D eigenvalue weighted by atomic mass is 10.2. The van der Waals surface area contributed by atoms with Gasteiger partial charge in [0.2, 0.25) is 5.91 Å². The summed E-state index contributed by atoms with van der Waals surface area (Å²) in [5.41, 5.74) is 1.59. The standard InChI is InChI=1S/C20H21FN2O3S/c1-3-11-23-12-10-15-13-17(6-9-19(15)23)22-20(24)14(2)27(25,26)18-7-4-16(21)5-8-18/h4-10,12-14H,3,11H2,1-2H3,(H,22,24). The van der Waals surface area contributed by atoms with Crippen molar-refractivity contribution in [2.75, 3.05) is 5.32 Å². The highest BCUT2D eigenvalue weighted by Crippen LogP contribution is 2.22. The number of aryl methyl sites for hydroxylation is 1. The van der Waals surface area contributed by atoms with Crippen molar-refractivity contribution in [1.29, 1.82) is 0 Å². The maximum absolute atomic E-state index is 13.0. The molecule has 0 fully saturated rings. The Morgan fingerprint density at radius 3 is 2.52 bits per heavy atom. The Morgan fingerprint density at radius 1 is 1.15 bits per heavy atom. The fraction of sp³-hybridized carbons (Fsp3) is 0.250. The zero-order valence-corrected chi connectivity index (χ0v) is 16.0. The van der Waals surface area contributed by atoms with Gasteiger partial charge in [0.1, 0.15) is 11.1 Å². The van der Waals surface area contributed by atoms with E-state index in [4.69, 9.17) is 0 Å². The molecule has 27 heavy (non-hydrogen) atoms.